The van der Waals surface area contributed by atoms with Crippen molar-refractivity contribution < 1.29 is 18.7 Å². The lowest BCUT2D eigenvalue weighted by Gasteiger charge is -2.08. The molecule has 2 aromatic heterocycles. The highest BCUT2D eigenvalue weighted by molar-refractivity contribution is 7.09. The molecule has 0 unspecified atom stereocenters. The maximum absolute atomic E-state index is 11.7. The first-order chi connectivity index (χ1) is 12.1. The van der Waals surface area contributed by atoms with Crippen LogP contribution >= 0.6 is 11.3 Å². The molecule has 0 saturated carbocycles. The second-order valence-corrected chi connectivity index (χ2v) is 6.09. The van der Waals surface area contributed by atoms with E-state index >= 15 is 0 Å². The average Bonchev–Trinajstić information content (AvgIpc) is 3.11. The van der Waals surface area contributed by atoms with Crippen LogP contribution in [-0.2, 0) is 11.3 Å². The molecule has 25 heavy (non-hydrogen) atoms. The number of rotatable bonds is 5. The fourth-order valence-electron chi connectivity index (χ4n) is 2.07. The number of fused-ring (bicyclic) bond motifs is 1. The van der Waals surface area contributed by atoms with Gasteiger partial charge in [0.05, 0.1) is 6.54 Å². The van der Waals surface area contributed by atoms with Gasteiger partial charge < -0.3 is 14.5 Å². The van der Waals surface area contributed by atoms with Crippen LogP contribution in [0.25, 0.3) is 11.0 Å². The Hall–Kier alpha value is -3.13. The van der Waals surface area contributed by atoms with Gasteiger partial charge in [-0.1, -0.05) is 6.07 Å². The van der Waals surface area contributed by atoms with Crippen molar-refractivity contribution in [1.82, 2.24) is 10.6 Å². The second kappa shape index (κ2) is 7.63. The number of imide groups is 1. The van der Waals surface area contributed by atoms with Crippen molar-refractivity contribution in [2.45, 2.75) is 6.54 Å². The zero-order chi connectivity index (χ0) is 17.6. The lowest BCUT2D eigenvalue weighted by Crippen LogP contribution is -2.41. The largest absolute Gasteiger partial charge is 0.484 e. The van der Waals surface area contributed by atoms with Crippen molar-refractivity contribution in [2.75, 3.05) is 6.61 Å². The Labute approximate surface area is 146 Å². The zero-order valence-corrected chi connectivity index (χ0v) is 13.8. The van der Waals surface area contributed by atoms with E-state index in [9.17, 15) is 14.4 Å². The smallest absolute Gasteiger partial charge is 0.336 e. The van der Waals surface area contributed by atoms with Gasteiger partial charge in [-0.05, 0) is 29.6 Å². The standard InChI is InChI=1S/C17H14N2O5S/c20-15(19-17(22)18-9-13-2-1-7-25-13)10-23-12-5-3-11-4-6-16(21)24-14(11)8-12/h1-8H,9-10H2,(H2,18,19,20,22). The number of urea groups is 1. The van der Waals surface area contributed by atoms with Crippen LogP contribution in [0.1, 0.15) is 4.88 Å². The van der Waals surface area contributed by atoms with Crippen LogP contribution in [0.2, 0.25) is 0 Å². The molecule has 0 bridgehead atoms. The van der Waals surface area contributed by atoms with Crippen LogP contribution in [-0.4, -0.2) is 18.5 Å². The molecule has 0 atom stereocenters. The average molecular weight is 358 g/mol. The summed E-state index contributed by atoms with van der Waals surface area (Å²) in [7, 11) is 0. The Morgan fingerprint density at radius 2 is 2.00 bits per heavy atom. The fraction of sp³-hybridized carbons (Fsp3) is 0.118. The summed E-state index contributed by atoms with van der Waals surface area (Å²) >= 11 is 1.51. The molecule has 3 aromatic rings. The number of benzene rings is 1. The summed E-state index contributed by atoms with van der Waals surface area (Å²) < 4.78 is 10.4. The molecule has 0 radical (unpaired) electrons. The number of carbonyl (C=O) groups excluding carboxylic acids is 2. The number of hydrogen-bond acceptors (Lipinski definition) is 6. The molecule has 7 nitrogen and oxygen atoms in total. The minimum absolute atomic E-state index is 0.338. The summed E-state index contributed by atoms with van der Waals surface area (Å²) in [5.41, 5.74) is -0.107. The number of hydrogen-bond donors (Lipinski definition) is 2. The molecular formula is C17H14N2O5S. The number of carbonyl (C=O) groups is 2. The van der Waals surface area contributed by atoms with Crippen molar-refractivity contribution in [2.24, 2.45) is 0 Å². The van der Waals surface area contributed by atoms with Crippen molar-refractivity contribution in [3.63, 3.8) is 0 Å². The number of nitrogens with one attached hydrogen (secondary N) is 2. The zero-order valence-electron chi connectivity index (χ0n) is 13.0. The highest BCUT2D eigenvalue weighted by atomic mass is 32.1. The molecule has 0 fully saturated rings. The highest BCUT2D eigenvalue weighted by Crippen LogP contribution is 2.19. The Bertz CT molecular complexity index is 949. The first kappa shape index (κ1) is 16.7. The quantitative estimate of drug-likeness (QED) is 0.682. The topological polar surface area (TPSA) is 97.6 Å². The SMILES string of the molecule is O=C(COc1ccc2ccc(=O)oc2c1)NC(=O)NCc1cccs1. The summed E-state index contributed by atoms with van der Waals surface area (Å²) in [4.78, 5) is 35.6. The monoisotopic (exact) mass is 358 g/mol. The van der Waals surface area contributed by atoms with Gasteiger partial charge in [0, 0.05) is 22.4 Å². The van der Waals surface area contributed by atoms with Gasteiger partial charge in [0.1, 0.15) is 11.3 Å². The third-order valence-electron chi connectivity index (χ3n) is 3.22. The van der Waals surface area contributed by atoms with E-state index < -0.39 is 17.6 Å². The Balaban J connectivity index is 1.50. The van der Waals surface area contributed by atoms with E-state index in [1.165, 1.54) is 23.5 Å². The van der Waals surface area contributed by atoms with Gasteiger partial charge in [-0.15, -0.1) is 11.3 Å². The van der Waals surface area contributed by atoms with E-state index in [4.69, 9.17) is 9.15 Å². The number of ether oxygens (including phenoxy) is 1. The summed E-state index contributed by atoms with van der Waals surface area (Å²) in [6, 6.07) is 11.0. The van der Waals surface area contributed by atoms with Crippen molar-refractivity contribution in [1.29, 1.82) is 0 Å². The van der Waals surface area contributed by atoms with Crippen molar-refractivity contribution in [3.8, 4) is 5.75 Å². The summed E-state index contributed by atoms with van der Waals surface area (Å²) in [5, 5.41) is 7.40. The normalized spacial score (nSPS) is 10.4. The second-order valence-electron chi connectivity index (χ2n) is 5.05. The fourth-order valence-corrected chi connectivity index (χ4v) is 2.71. The van der Waals surface area contributed by atoms with E-state index in [0.29, 0.717) is 17.9 Å². The summed E-state index contributed by atoms with van der Waals surface area (Å²) in [5.74, 6) is -0.228. The lowest BCUT2D eigenvalue weighted by atomic mass is 10.2. The van der Waals surface area contributed by atoms with Crippen LogP contribution in [0, 0.1) is 0 Å². The first-order valence-corrected chi connectivity index (χ1v) is 8.25. The molecule has 0 aliphatic carbocycles. The van der Waals surface area contributed by atoms with E-state index in [1.807, 2.05) is 17.5 Å². The van der Waals surface area contributed by atoms with Gasteiger partial charge in [-0.25, -0.2) is 9.59 Å². The molecule has 0 aliphatic heterocycles. The van der Waals surface area contributed by atoms with Crippen LogP contribution in [0.3, 0.4) is 0 Å². The Morgan fingerprint density at radius 3 is 2.80 bits per heavy atom. The van der Waals surface area contributed by atoms with Gasteiger partial charge in [0.25, 0.3) is 5.91 Å². The molecular weight excluding hydrogens is 344 g/mol. The van der Waals surface area contributed by atoms with Crippen LogP contribution in [0.4, 0.5) is 4.79 Å². The summed E-state index contributed by atoms with van der Waals surface area (Å²) in [6.45, 7) is 0.0103. The van der Waals surface area contributed by atoms with Crippen LogP contribution in [0.5, 0.6) is 5.75 Å². The molecule has 2 N–H and O–H groups in total. The predicted octanol–water partition coefficient (Wildman–Crippen LogP) is 2.26. The Kier molecular flexibility index (Phi) is 5.10. The van der Waals surface area contributed by atoms with E-state index in [-0.39, 0.29) is 6.61 Å². The predicted molar refractivity (Wildman–Crippen MR) is 92.7 cm³/mol. The van der Waals surface area contributed by atoms with Gasteiger partial charge in [0.15, 0.2) is 6.61 Å². The van der Waals surface area contributed by atoms with Gasteiger partial charge in [-0.2, -0.15) is 0 Å². The van der Waals surface area contributed by atoms with Crippen molar-refractivity contribution in [3.05, 3.63) is 63.1 Å². The molecule has 2 heterocycles. The number of amides is 3. The molecule has 0 aliphatic rings. The molecule has 8 heteroatoms. The van der Waals surface area contributed by atoms with E-state index in [0.717, 1.165) is 10.3 Å². The third-order valence-corrected chi connectivity index (χ3v) is 4.10. The maximum Gasteiger partial charge on any atom is 0.336 e. The van der Waals surface area contributed by atoms with Crippen LogP contribution in [0.15, 0.2) is 57.1 Å². The van der Waals surface area contributed by atoms with Gasteiger partial charge >= 0.3 is 11.7 Å². The minimum atomic E-state index is -0.591. The molecule has 0 spiro atoms. The molecule has 3 amide bonds. The Morgan fingerprint density at radius 1 is 1.16 bits per heavy atom. The molecule has 128 valence electrons. The highest BCUT2D eigenvalue weighted by Gasteiger charge is 2.09. The summed E-state index contributed by atoms with van der Waals surface area (Å²) in [6.07, 6.45) is 0. The number of thiophene rings is 1. The maximum atomic E-state index is 11.7. The van der Waals surface area contributed by atoms with Gasteiger partial charge in [0.2, 0.25) is 0 Å². The van der Waals surface area contributed by atoms with Gasteiger partial charge in [-0.3, -0.25) is 10.1 Å². The lowest BCUT2D eigenvalue weighted by molar-refractivity contribution is -0.122. The third kappa shape index (κ3) is 4.67. The minimum Gasteiger partial charge on any atom is -0.484 e. The van der Waals surface area contributed by atoms with Crippen LogP contribution < -0.4 is 21.0 Å². The van der Waals surface area contributed by atoms with Crippen molar-refractivity contribution >= 4 is 34.2 Å². The van der Waals surface area contributed by atoms with E-state index in [1.54, 1.807) is 18.2 Å². The molecule has 0 saturated heterocycles. The van der Waals surface area contributed by atoms with E-state index in [2.05, 4.69) is 10.6 Å². The first-order valence-electron chi connectivity index (χ1n) is 7.37. The molecule has 3 rings (SSSR count). The molecule has 1 aromatic carbocycles.